The van der Waals surface area contributed by atoms with Crippen molar-refractivity contribution in [3.8, 4) is 0 Å². The van der Waals surface area contributed by atoms with Gasteiger partial charge in [-0.15, -0.1) is 0 Å². The fraction of sp³-hybridized carbons (Fsp3) is 0.400. The van der Waals surface area contributed by atoms with Crippen LogP contribution in [0.25, 0.3) is 0 Å². The molecule has 3 rings (SSSR count). The number of benzene rings is 2. The second kappa shape index (κ2) is 10.7. The Morgan fingerprint density at radius 1 is 0.935 bits per heavy atom. The second-order valence-electron chi connectivity index (χ2n) is 7.87. The van der Waals surface area contributed by atoms with Gasteiger partial charge in [0, 0.05) is 0 Å². The van der Waals surface area contributed by atoms with E-state index in [1.54, 1.807) is 20.8 Å². The van der Waals surface area contributed by atoms with Crippen LogP contribution in [0.15, 0.2) is 60.7 Å². The van der Waals surface area contributed by atoms with Crippen LogP contribution >= 0.6 is 0 Å². The SMILES string of the molecule is CCOC(=O)[C@]1(C([Se]c2ccccc2)[Se]c2ccccc2)C[C@@H](C(C)=O)C[C@H]1C(C)=O. The zero-order valence-electron chi connectivity index (χ0n) is 18.1. The summed E-state index contributed by atoms with van der Waals surface area (Å²) in [7, 11) is 0. The van der Waals surface area contributed by atoms with Crippen LogP contribution in [0, 0.1) is 17.3 Å². The van der Waals surface area contributed by atoms with Crippen molar-refractivity contribution in [2.24, 2.45) is 17.3 Å². The molecule has 0 radical (unpaired) electrons. The maximum atomic E-state index is 13.6. The molecule has 0 spiro atoms. The Labute approximate surface area is 196 Å². The number of carbonyl (C=O) groups excluding carboxylic acids is 3. The molecule has 2 aromatic rings. The molecule has 0 aromatic heterocycles. The van der Waals surface area contributed by atoms with Crippen molar-refractivity contribution in [3.05, 3.63) is 60.7 Å². The number of Topliss-reactive ketones (excluding diaryl/α,β-unsaturated/α-hetero) is 2. The van der Waals surface area contributed by atoms with Crippen molar-refractivity contribution in [2.45, 2.75) is 37.3 Å². The van der Waals surface area contributed by atoms with Crippen LogP contribution in [0.1, 0.15) is 33.6 Å². The molecular weight excluding hydrogens is 522 g/mol. The summed E-state index contributed by atoms with van der Waals surface area (Å²) in [5, 5.41) is 0. The average molecular weight is 550 g/mol. The molecule has 31 heavy (non-hydrogen) atoms. The molecular formula is C25H28O4Se2. The van der Waals surface area contributed by atoms with Crippen LogP contribution in [0.2, 0.25) is 3.71 Å². The average Bonchev–Trinajstić information content (AvgIpc) is 3.18. The topological polar surface area (TPSA) is 60.4 Å². The van der Waals surface area contributed by atoms with E-state index in [2.05, 4.69) is 24.3 Å². The van der Waals surface area contributed by atoms with E-state index >= 15 is 0 Å². The van der Waals surface area contributed by atoms with E-state index in [1.165, 1.54) is 8.92 Å². The number of ketones is 2. The number of ether oxygens (including phenoxy) is 1. The van der Waals surface area contributed by atoms with Crippen molar-refractivity contribution in [1.82, 2.24) is 0 Å². The summed E-state index contributed by atoms with van der Waals surface area (Å²) < 4.78 is 7.96. The van der Waals surface area contributed by atoms with Crippen LogP contribution in [-0.4, -0.2) is 54.1 Å². The second-order valence-corrected chi connectivity index (χ2v) is 14.3. The molecule has 0 aliphatic heterocycles. The Morgan fingerprint density at radius 2 is 1.45 bits per heavy atom. The van der Waals surface area contributed by atoms with E-state index in [0.717, 1.165) is 0 Å². The van der Waals surface area contributed by atoms with Crippen molar-refractivity contribution in [1.29, 1.82) is 0 Å². The fourth-order valence-electron chi connectivity index (χ4n) is 4.29. The van der Waals surface area contributed by atoms with Gasteiger partial charge in [-0.05, 0) is 0 Å². The summed E-state index contributed by atoms with van der Waals surface area (Å²) in [5.74, 6) is -1.04. The van der Waals surface area contributed by atoms with Gasteiger partial charge >= 0.3 is 197 Å². The van der Waals surface area contributed by atoms with E-state index in [9.17, 15) is 14.4 Å². The van der Waals surface area contributed by atoms with Crippen molar-refractivity contribution >= 4 is 56.4 Å². The zero-order valence-corrected chi connectivity index (χ0v) is 21.5. The first kappa shape index (κ1) is 23.9. The summed E-state index contributed by atoms with van der Waals surface area (Å²) in [4.78, 5) is 38.8. The Balaban J connectivity index is 2.12. The van der Waals surface area contributed by atoms with Gasteiger partial charge in [-0.3, -0.25) is 0 Å². The number of esters is 1. The number of rotatable bonds is 9. The van der Waals surface area contributed by atoms with Gasteiger partial charge < -0.3 is 0 Å². The minimum absolute atomic E-state index is 0.0190. The summed E-state index contributed by atoms with van der Waals surface area (Å²) in [6, 6.07) is 20.4. The normalized spacial score (nSPS) is 23.0. The van der Waals surface area contributed by atoms with Gasteiger partial charge in [0.2, 0.25) is 0 Å². The third kappa shape index (κ3) is 5.38. The molecule has 1 saturated carbocycles. The van der Waals surface area contributed by atoms with Gasteiger partial charge in [0.25, 0.3) is 0 Å². The zero-order chi connectivity index (χ0) is 22.4. The molecule has 4 nitrogen and oxygen atoms in total. The summed E-state index contributed by atoms with van der Waals surface area (Å²) in [6.07, 6.45) is 0.842. The summed E-state index contributed by atoms with van der Waals surface area (Å²) >= 11 is -0.105. The van der Waals surface area contributed by atoms with E-state index in [0.29, 0.717) is 12.8 Å². The fourth-order valence-corrected chi connectivity index (χ4v) is 12.1. The number of carbonyl (C=O) groups is 3. The Morgan fingerprint density at radius 3 is 1.87 bits per heavy atom. The van der Waals surface area contributed by atoms with Gasteiger partial charge in [-0.2, -0.15) is 0 Å². The van der Waals surface area contributed by atoms with Crippen LogP contribution in [0.4, 0.5) is 0 Å². The molecule has 1 fully saturated rings. The number of hydrogen-bond acceptors (Lipinski definition) is 4. The predicted octanol–water partition coefficient (Wildman–Crippen LogP) is 2.55. The number of hydrogen-bond donors (Lipinski definition) is 0. The van der Waals surface area contributed by atoms with Crippen LogP contribution < -0.4 is 8.92 Å². The molecule has 0 amide bonds. The van der Waals surface area contributed by atoms with E-state index < -0.39 is 11.3 Å². The van der Waals surface area contributed by atoms with Gasteiger partial charge in [-0.25, -0.2) is 0 Å². The summed E-state index contributed by atoms with van der Waals surface area (Å²) in [6.45, 7) is 5.19. The summed E-state index contributed by atoms with van der Waals surface area (Å²) in [5.41, 5.74) is -0.955. The molecule has 1 aliphatic rings. The van der Waals surface area contributed by atoms with Gasteiger partial charge in [0.15, 0.2) is 0 Å². The molecule has 3 atom stereocenters. The third-order valence-electron chi connectivity index (χ3n) is 5.84. The molecule has 0 N–H and O–H groups in total. The maximum absolute atomic E-state index is 13.6. The van der Waals surface area contributed by atoms with E-state index in [-0.39, 0.29) is 63.7 Å². The molecule has 1 aliphatic carbocycles. The van der Waals surface area contributed by atoms with Crippen molar-refractivity contribution in [2.75, 3.05) is 6.61 Å². The molecule has 0 unspecified atom stereocenters. The van der Waals surface area contributed by atoms with Crippen molar-refractivity contribution in [3.63, 3.8) is 0 Å². The third-order valence-corrected chi connectivity index (χ3v) is 12.9. The standard InChI is InChI=1S/C25H28O4Se2/c1-4-29-23(28)25(16-19(17(2)26)15-22(25)18(3)27)24(30-20-11-7-5-8-12-20)31-21-13-9-6-10-14-21/h5-14,19,22,24H,4,15-16H2,1-3H3/t19-,22-,25-/m0/s1. The Bertz CT molecular complexity index is 874. The van der Waals surface area contributed by atoms with E-state index in [1.807, 2.05) is 36.4 Å². The predicted molar refractivity (Wildman–Crippen MR) is 124 cm³/mol. The van der Waals surface area contributed by atoms with Crippen LogP contribution in [-0.2, 0) is 19.1 Å². The van der Waals surface area contributed by atoms with Gasteiger partial charge in [-0.1, -0.05) is 0 Å². The Hall–Kier alpha value is -1.71. The van der Waals surface area contributed by atoms with Crippen LogP contribution in [0.3, 0.4) is 0 Å². The Kier molecular flexibility index (Phi) is 8.29. The van der Waals surface area contributed by atoms with Gasteiger partial charge in [0.1, 0.15) is 0 Å². The van der Waals surface area contributed by atoms with E-state index in [4.69, 9.17) is 4.74 Å². The molecule has 6 heteroatoms. The molecule has 2 aromatic carbocycles. The first-order chi connectivity index (χ1) is 14.9. The minimum atomic E-state index is -0.955. The van der Waals surface area contributed by atoms with Gasteiger partial charge in [0.05, 0.1) is 0 Å². The molecule has 164 valence electrons. The monoisotopic (exact) mass is 552 g/mol. The molecule has 0 bridgehead atoms. The quantitative estimate of drug-likeness (QED) is 0.356. The molecule has 0 saturated heterocycles. The molecule has 0 heterocycles. The first-order valence-corrected chi connectivity index (χ1v) is 14.2. The van der Waals surface area contributed by atoms with Crippen molar-refractivity contribution < 1.29 is 19.1 Å². The van der Waals surface area contributed by atoms with Crippen LogP contribution in [0.5, 0.6) is 0 Å². The first-order valence-electron chi connectivity index (χ1n) is 10.5.